The molecule has 0 aliphatic carbocycles. The molecule has 0 saturated heterocycles. The first kappa shape index (κ1) is 19.2. The molecule has 0 spiro atoms. The van der Waals surface area contributed by atoms with Gasteiger partial charge in [-0.05, 0) is 42.0 Å². The Labute approximate surface area is 169 Å². The van der Waals surface area contributed by atoms with Crippen LogP contribution >= 0.6 is 55.8 Å². The zero-order valence-corrected chi connectivity index (χ0v) is 17.5. The minimum Gasteiger partial charge on any atom is -0.313 e. The lowest BCUT2D eigenvalue weighted by atomic mass is 10.2. The van der Waals surface area contributed by atoms with E-state index in [4.69, 9.17) is 16.6 Å². The number of rotatable bonds is 4. The van der Waals surface area contributed by atoms with Crippen molar-refractivity contribution >= 4 is 61.5 Å². The molecule has 1 aromatic heterocycles. The molecule has 0 bridgehead atoms. The van der Waals surface area contributed by atoms with Crippen LogP contribution in [0, 0.1) is 0 Å². The number of hydrogen-bond donors (Lipinski definition) is 0. The van der Waals surface area contributed by atoms with Crippen LogP contribution in [-0.2, 0) is 6.54 Å². The molecule has 0 atom stereocenters. The molecule has 0 fully saturated rings. The first-order chi connectivity index (χ1) is 11.2. The second kappa shape index (κ2) is 8.81. The van der Waals surface area contributed by atoms with Gasteiger partial charge in [0.1, 0.15) is 0 Å². The zero-order chi connectivity index (χ0) is 16.2. The summed E-state index contributed by atoms with van der Waals surface area (Å²) in [4.78, 5) is 5.67. The third kappa shape index (κ3) is 4.48. The lowest BCUT2D eigenvalue weighted by molar-refractivity contribution is 0.800. The van der Waals surface area contributed by atoms with Gasteiger partial charge in [-0.15, -0.1) is 34.9 Å². The predicted octanol–water partition coefficient (Wildman–Crippen LogP) is 6.63. The predicted molar refractivity (Wildman–Crippen MR) is 113 cm³/mol. The van der Waals surface area contributed by atoms with E-state index in [-0.39, 0.29) is 17.0 Å². The highest BCUT2D eigenvalue weighted by molar-refractivity contribution is 9.10. The topological polar surface area (TPSA) is 17.3 Å². The van der Waals surface area contributed by atoms with Crippen molar-refractivity contribution in [3.05, 3.63) is 80.9 Å². The molecule has 0 saturated carbocycles. The summed E-state index contributed by atoms with van der Waals surface area (Å²) in [5, 5.41) is 2.84. The summed E-state index contributed by atoms with van der Waals surface area (Å²) in [6, 6.07) is 15.8. The van der Waals surface area contributed by atoms with Gasteiger partial charge >= 0.3 is 0 Å². The number of benzene rings is 2. The Morgan fingerprint density at radius 3 is 2.42 bits per heavy atom. The Morgan fingerprint density at radius 2 is 1.79 bits per heavy atom. The molecule has 0 aliphatic heterocycles. The molecular weight excluding hydrogens is 472 g/mol. The van der Waals surface area contributed by atoms with Crippen LogP contribution in [0.5, 0.6) is 0 Å². The summed E-state index contributed by atoms with van der Waals surface area (Å²) in [6.07, 6.45) is 1.88. The third-order valence-corrected chi connectivity index (χ3v) is 4.94. The van der Waals surface area contributed by atoms with E-state index in [0.717, 1.165) is 26.2 Å². The van der Waals surface area contributed by atoms with E-state index in [1.807, 2.05) is 42.5 Å². The molecule has 0 N–H and O–H groups in total. The number of nitrogens with zero attached hydrogens (tertiary/aromatic N) is 2. The van der Waals surface area contributed by atoms with Gasteiger partial charge in [0, 0.05) is 21.4 Å². The smallest absolute Gasteiger partial charge is 0.190 e. The summed E-state index contributed by atoms with van der Waals surface area (Å²) in [6.45, 7) is 4.57. The first-order valence-electron chi connectivity index (χ1n) is 7.03. The molecule has 124 valence electrons. The monoisotopic (exact) mass is 484 g/mol. The quantitative estimate of drug-likeness (QED) is 0.368. The summed E-state index contributed by atoms with van der Waals surface area (Å²) >= 11 is 11.0. The molecule has 0 amide bonds. The fourth-order valence-corrected chi connectivity index (χ4v) is 3.53. The molecule has 24 heavy (non-hydrogen) atoms. The normalized spacial score (nSPS) is 11.2. The highest BCUT2D eigenvalue weighted by atomic mass is 79.9. The maximum Gasteiger partial charge on any atom is 0.190 e. The Kier molecular flexibility index (Phi) is 7.04. The maximum absolute atomic E-state index is 5.93. The van der Waals surface area contributed by atoms with Crippen molar-refractivity contribution in [1.29, 1.82) is 0 Å². The van der Waals surface area contributed by atoms with Gasteiger partial charge in [-0.25, -0.2) is 4.99 Å². The van der Waals surface area contributed by atoms with Crippen LogP contribution in [0.4, 0.5) is 5.69 Å². The van der Waals surface area contributed by atoms with Crippen LogP contribution < -0.4 is 4.80 Å². The molecular formula is C18H15Br2ClN2S. The SMILES string of the molecule is Br.C=CCn1c(-c2ccc(Br)cc2)csc1=Nc1ccc(Cl)cc1. The Bertz CT molecular complexity index is 881. The Hall–Kier alpha value is -1.14. The van der Waals surface area contributed by atoms with Crippen molar-refractivity contribution in [3.63, 3.8) is 0 Å². The maximum atomic E-state index is 5.93. The Balaban J connectivity index is 0.00000208. The average Bonchev–Trinajstić information content (AvgIpc) is 2.94. The number of allylic oxidation sites excluding steroid dienone is 1. The molecule has 3 aromatic rings. The van der Waals surface area contributed by atoms with Crippen LogP contribution in [-0.4, -0.2) is 4.57 Å². The van der Waals surface area contributed by atoms with Gasteiger partial charge in [-0.2, -0.15) is 0 Å². The van der Waals surface area contributed by atoms with Crippen LogP contribution in [0.15, 0.2) is 76.0 Å². The van der Waals surface area contributed by atoms with Crippen LogP contribution in [0.1, 0.15) is 0 Å². The van der Waals surface area contributed by atoms with Crippen LogP contribution in [0.3, 0.4) is 0 Å². The number of thiazole rings is 1. The van der Waals surface area contributed by atoms with Crippen molar-refractivity contribution in [2.24, 2.45) is 4.99 Å². The molecule has 2 aromatic carbocycles. The lowest BCUT2D eigenvalue weighted by Gasteiger charge is -2.06. The van der Waals surface area contributed by atoms with Crippen molar-refractivity contribution < 1.29 is 0 Å². The summed E-state index contributed by atoms with van der Waals surface area (Å²) < 4.78 is 3.23. The largest absolute Gasteiger partial charge is 0.313 e. The van der Waals surface area contributed by atoms with Crippen molar-refractivity contribution in [2.75, 3.05) is 0 Å². The van der Waals surface area contributed by atoms with E-state index in [1.54, 1.807) is 11.3 Å². The van der Waals surface area contributed by atoms with Crippen LogP contribution in [0.2, 0.25) is 5.02 Å². The number of aromatic nitrogens is 1. The third-order valence-electron chi connectivity index (χ3n) is 3.30. The zero-order valence-electron chi connectivity index (χ0n) is 12.7. The minimum atomic E-state index is 0. The Morgan fingerprint density at radius 1 is 1.12 bits per heavy atom. The van der Waals surface area contributed by atoms with Gasteiger partial charge in [0.05, 0.1) is 11.4 Å². The number of hydrogen-bond acceptors (Lipinski definition) is 2. The van der Waals surface area contributed by atoms with E-state index < -0.39 is 0 Å². The molecule has 0 radical (unpaired) electrons. The highest BCUT2D eigenvalue weighted by Gasteiger charge is 2.07. The van der Waals surface area contributed by atoms with E-state index in [0.29, 0.717) is 11.6 Å². The minimum absolute atomic E-state index is 0. The van der Waals surface area contributed by atoms with Crippen LogP contribution in [0.25, 0.3) is 11.3 Å². The van der Waals surface area contributed by atoms with Gasteiger partial charge in [0.2, 0.25) is 0 Å². The van der Waals surface area contributed by atoms with Gasteiger partial charge < -0.3 is 4.57 Å². The summed E-state index contributed by atoms with van der Waals surface area (Å²) in [5.41, 5.74) is 3.18. The molecule has 1 heterocycles. The standard InChI is InChI=1S/C18H14BrClN2S.BrH/c1-2-11-22-17(13-3-5-14(19)6-4-13)12-23-18(22)21-16-9-7-15(20)8-10-16;/h2-10,12H,1,11H2;1H. The molecule has 0 aliphatic rings. The van der Waals surface area contributed by atoms with Gasteiger partial charge in [0.25, 0.3) is 0 Å². The second-order valence-electron chi connectivity index (χ2n) is 4.90. The van der Waals surface area contributed by atoms with Crippen molar-refractivity contribution in [1.82, 2.24) is 4.57 Å². The molecule has 2 nitrogen and oxygen atoms in total. The van der Waals surface area contributed by atoms with Gasteiger partial charge in [-0.1, -0.05) is 45.7 Å². The fourth-order valence-electron chi connectivity index (χ4n) is 2.20. The second-order valence-corrected chi connectivity index (χ2v) is 7.09. The van der Waals surface area contributed by atoms with Gasteiger partial charge in [-0.3, -0.25) is 0 Å². The van der Waals surface area contributed by atoms with E-state index in [9.17, 15) is 0 Å². The lowest BCUT2D eigenvalue weighted by Crippen LogP contribution is -2.14. The first-order valence-corrected chi connectivity index (χ1v) is 9.08. The number of halogens is 3. The fraction of sp³-hybridized carbons (Fsp3) is 0.0556. The van der Waals surface area contributed by atoms with E-state index in [2.05, 4.69) is 44.6 Å². The molecule has 6 heteroatoms. The summed E-state index contributed by atoms with van der Waals surface area (Å²) in [7, 11) is 0. The van der Waals surface area contributed by atoms with Crippen molar-refractivity contribution in [3.8, 4) is 11.3 Å². The molecule has 3 rings (SSSR count). The van der Waals surface area contributed by atoms with Gasteiger partial charge in [0.15, 0.2) is 4.80 Å². The summed E-state index contributed by atoms with van der Waals surface area (Å²) in [5.74, 6) is 0. The highest BCUT2D eigenvalue weighted by Crippen LogP contribution is 2.23. The van der Waals surface area contributed by atoms with E-state index >= 15 is 0 Å². The average molecular weight is 487 g/mol. The molecule has 0 unspecified atom stereocenters. The van der Waals surface area contributed by atoms with E-state index in [1.165, 1.54) is 0 Å². The van der Waals surface area contributed by atoms with Crippen molar-refractivity contribution in [2.45, 2.75) is 6.54 Å².